The fourth-order valence-corrected chi connectivity index (χ4v) is 1.81. The van der Waals surface area contributed by atoms with Crippen molar-refractivity contribution in [3.8, 4) is 0 Å². The van der Waals surface area contributed by atoms with Crippen LogP contribution in [0.5, 0.6) is 0 Å². The van der Waals surface area contributed by atoms with Crippen molar-refractivity contribution in [3.63, 3.8) is 0 Å². The van der Waals surface area contributed by atoms with Crippen LogP contribution in [0.2, 0.25) is 0 Å². The molecule has 0 saturated heterocycles. The number of nitrogens with one attached hydrogen (secondary N) is 1. The topological polar surface area (TPSA) is 55.1 Å². The predicted octanol–water partition coefficient (Wildman–Crippen LogP) is 3.56. The van der Waals surface area contributed by atoms with Gasteiger partial charge in [-0.3, -0.25) is 4.79 Å². The summed E-state index contributed by atoms with van der Waals surface area (Å²) in [7, 11) is 0. The number of carbonyl (C=O) groups excluding carboxylic acids is 1. The summed E-state index contributed by atoms with van der Waals surface area (Å²) in [5.41, 5.74) is 5.38. The van der Waals surface area contributed by atoms with Gasteiger partial charge in [0.15, 0.2) is 0 Å². The van der Waals surface area contributed by atoms with E-state index in [2.05, 4.69) is 21.2 Å². The Bertz CT molecular complexity index is 647. The van der Waals surface area contributed by atoms with Gasteiger partial charge in [-0.15, -0.1) is 0 Å². The zero-order chi connectivity index (χ0) is 14.0. The van der Waals surface area contributed by atoms with Crippen molar-refractivity contribution < 1.29 is 13.6 Å². The Morgan fingerprint density at radius 1 is 1.11 bits per heavy atom. The van der Waals surface area contributed by atoms with E-state index in [0.29, 0.717) is 4.47 Å². The first-order valence-corrected chi connectivity index (χ1v) is 6.08. The minimum atomic E-state index is -0.664. The lowest BCUT2D eigenvalue weighted by molar-refractivity contribution is 0.102. The number of anilines is 2. The summed E-state index contributed by atoms with van der Waals surface area (Å²) < 4.78 is 27.3. The maximum absolute atomic E-state index is 13.6. The van der Waals surface area contributed by atoms with E-state index in [4.69, 9.17) is 5.73 Å². The van der Waals surface area contributed by atoms with Gasteiger partial charge in [0.05, 0.1) is 11.3 Å². The number of nitrogen functional groups attached to an aromatic ring is 1. The first-order chi connectivity index (χ1) is 8.97. The molecule has 0 unspecified atom stereocenters. The number of amides is 1. The first-order valence-electron chi connectivity index (χ1n) is 5.29. The monoisotopic (exact) mass is 326 g/mol. The molecular weight excluding hydrogens is 318 g/mol. The summed E-state index contributed by atoms with van der Waals surface area (Å²) in [4.78, 5) is 11.8. The highest BCUT2D eigenvalue weighted by Gasteiger charge is 2.12. The summed E-state index contributed by atoms with van der Waals surface area (Å²) in [5, 5.41) is 2.40. The zero-order valence-electron chi connectivity index (χ0n) is 9.58. The number of hydrogen-bond donors (Lipinski definition) is 2. The lowest BCUT2D eigenvalue weighted by atomic mass is 10.2. The number of hydrogen-bond acceptors (Lipinski definition) is 2. The zero-order valence-corrected chi connectivity index (χ0v) is 11.2. The van der Waals surface area contributed by atoms with Gasteiger partial charge in [-0.25, -0.2) is 8.78 Å². The third kappa shape index (κ3) is 3.08. The van der Waals surface area contributed by atoms with Crippen LogP contribution in [-0.2, 0) is 0 Å². The quantitative estimate of drug-likeness (QED) is 0.829. The summed E-state index contributed by atoms with van der Waals surface area (Å²) in [6.07, 6.45) is 0. The Balaban J connectivity index is 2.23. The Labute approximate surface area is 116 Å². The minimum absolute atomic E-state index is 0.0205. The Hall–Kier alpha value is -1.95. The van der Waals surface area contributed by atoms with Gasteiger partial charge in [0.2, 0.25) is 0 Å². The fraction of sp³-hybridized carbons (Fsp3) is 0. The summed E-state index contributed by atoms with van der Waals surface area (Å²) in [5.74, 6) is -1.97. The molecule has 0 radical (unpaired) electrons. The Morgan fingerprint density at radius 2 is 1.84 bits per heavy atom. The van der Waals surface area contributed by atoms with Crippen LogP contribution in [0.4, 0.5) is 20.2 Å². The van der Waals surface area contributed by atoms with Crippen molar-refractivity contribution in [2.45, 2.75) is 0 Å². The molecule has 6 heteroatoms. The van der Waals surface area contributed by atoms with E-state index in [0.717, 1.165) is 6.07 Å². The molecule has 0 aromatic heterocycles. The standard InChI is InChI=1S/C13H9BrF2N2O/c14-7-1-3-9(10(15)5-7)13(19)18-8-2-4-12(17)11(16)6-8/h1-6H,17H2,(H,18,19). The van der Waals surface area contributed by atoms with Gasteiger partial charge < -0.3 is 11.1 Å². The van der Waals surface area contributed by atoms with E-state index >= 15 is 0 Å². The molecule has 3 N–H and O–H groups in total. The van der Waals surface area contributed by atoms with Crippen LogP contribution in [0.25, 0.3) is 0 Å². The van der Waals surface area contributed by atoms with Crippen molar-refractivity contribution in [2.24, 2.45) is 0 Å². The van der Waals surface area contributed by atoms with E-state index < -0.39 is 17.5 Å². The molecule has 2 aromatic carbocycles. The number of nitrogens with two attached hydrogens (primary N) is 1. The average Bonchev–Trinajstić information content (AvgIpc) is 2.33. The summed E-state index contributed by atoms with van der Waals surface area (Å²) in [6, 6.07) is 7.89. The van der Waals surface area contributed by atoms with Crippen LogP contribution in [-0.4, -0.2) is 5.91 Å². The third-order valence-corrected chi connectivity index (χ3v) is 2.93. The van der Waals surface area contributed by atoms with Crippen LogP contribution in [0.3, 0.4) is 0 Å². The maximum Gasteiger partial charge on any atom is 0.258 e. The molecule has 19 heavy (non-hydrogen) atoms. The smallest absolute Gasteiger partial charge is 0.258 e. The van der Waals surface area contributed by atoms with Crippen molar-refractivity contribution in [1.82, 2.24) is 0 Å². The van der Waals surface area contributed by atoms with Crippen molar-refractivity contribution in [3.05, 3.63) is 58.1 Å². The molecule has 98 valence electrons. The van der Waals surface area contributed by atoms with Gasteiger partial charge >= 0.3 is 0 Å². The van der Waals surface area contributed by atoms with E-state index in [1.807, 2.05) is 0 Å². The molecule has 0 aliphatic carbocycles. The highest BCUT2D eigenvalue weighted by Crippen LogP contribution is 2.19. The number of halogens is 3. The minimum Gasteiger partial charge on any atom is -0.396 e. The fourth-order valence-electron chi connectivity index (χ4n) is 1.48. The number of carbonyl (C=O) groups is 1. The van der Waals surface area contributed by atoms with Crippen molar-refractivity contribution in [2.75, 3.05) is 11.1 Å². The lowest BCUT2D eigenvalue weighted by Gasteiger charge is -2.07. The number of rotatable bonds is 2. The maximum atomic E-state index is 13.6. The SMILES string of the molecule is Nc1ccc(NC(=O)c2ccc(Br)cc2F)cc1F. The molecule has 3 nitrogen and oxygen atoms in total. The lowest BCUT2D eigenvalue weighted by Crippen LogP contribution is -2.14. The average molecular weight is 327 g/mol. The molecule has 0 aliphatic heterocycles. The first kappa shape index (κ1) is 13.5. The van der Waals surface area contributed by atoms with E-state index in [1.54, 1.807) is 6.07 Å². The third-order valence-electron chi connectivity index (χ3n) is 2.43. The largest absolute Gasteiger partial charge is 0.396 e. The van der Waals surface area contributed by atoms with Crippen molar-refractivity contribution >= 4 is 33.2 Å². The van der Waals surface area contributed by atoms with Gasteiger partial charge in [0, 0.05) is 10.2 Å². The second kappa shape index (κ2) is 5.36. The van der Waals surface area contributed by atoms with Gasteiger partial charge in [-0.1, -0.05) is 15.9 Å². The molecule has 2 aromatic rings. The van der Waals surface area contributed by atoms with E-state index in [9.17, 15) is 13.6 Å². The van der Waals surface area contributed by atoms with Crippen molar-refractivity contribution in [1.29, 1.82) is 0 Å². The molecule has 0 heterocycles. The second-order valence-corrected chi connectivity index (χ2v) is 4.73. The van der Waals surface area contributed by atoms with Crippen LogP contribution >= 0.6 is 15.9 Å². The normalized spacial score (nSPS) is 10.3. The Morgan fingerprint density at radius 3 is 2.47 bits per heavy atom. The molecule has 0 spiro atoms. The van der Waals surface area contributed by atoms with Crippen LogP contribution in [0.15, 0.2) is 40.9 Å². The molecule has 0 fully saturated rings. The van der Waals surface area contributed by atoms with Gasteiger partial charge in [0.25, 0.3) is 5.91 Å². The molecule has 0 bridgehead atoms. The molecule has 0 atom stereocenters. The summed E-state index contributed by atoms with van der Waals surface area (Å²) >= 11 is 3.09. The second-order valence-electron chi connectivity index (χ2n) is 3.81. The van der Waals surface area contributed by atoms with Gasteiger partial charge in [-0.05, 0) is 36.4 Å². The summed E-state index contributed by atoms with van der Waals surface area (Å²) in [6.45, 7) is 0. The van der Waals surface area contributed by atoms with E-state index in [1.165, 1.54) is 24.3 Å². The highest BCUT2D eigenvalue weighted by atomic mass is 79.9. The molecule has 2 rings (SSSR count). The van der Waals surface area contributed by atoms with Crippen LogP contribution < -0.4 is 11.1 Å². The molecule has 0 saturated carbocycles. The van der Waals surface area contributed by atoms with Gasteiger partial charge in [0.1, 0.15) is 11.6 Å². The van der Waals surface area contributed by atoms with Gasteiger partial charge in [-0.2, -0.15) is 0 Å². The van der Waals surface area contributed by atoms with Crippen LogP contribution in [0.1, 0.15) is 10.4 Å². The van der Waals surface area contributed by atoms with Crippen LogP contribution in [0, 0.1) is 11.6 Å². The Kier molecular flexibility index (Phi) is 3.80. The molecular formula is C13H9BrF2N2O. The predicted molar refractivity (Wildman–Crippen MR) is 72.9 cm³/mol. The number of benzene rings is 2. The van der Waals surface area contributed by atoms with E-state index in [-0.39, 0.29) is 16.9 Å². The molecule has 1 amide bonds. The molecule has 0 aliphatic rings. The highest BCUT2D eigenvalue weighted by molar-refractivity contribution is 9.10.